The average molecular weight is 410 g/mol. The Bertz CT molecular complexity index is 846. The Labute approximate surface area is 178 Å². The molecule has 0 bridgehead atoms. The van der Waals surface area contributed by atoms with Crippen molar-refractivity contribution in [2.24, 2.45) is 5.92 Å². The fraction of sp³-hybridized carbons (Fsp3) is 0.565. The van der Waals surface area contributed by atoms with Crippen LogP contribution in [0.5, 0.6) is 0 Å². The van der Waals surface area contributed by atoms with Crippen LogP contribution >= 0.6 is 0 Å². The number of aryl methyl sites for hydroxylation is 1. The quantitative estimate of drug-likeness (QED) is 0.729. The molecule has 0 aliphatic carbocycles. The fourth-order valence-corrected chi connectivity index (χ4v) is 4.14. The minimum atomic E-state index is -0.0625. The molecular weight excluding hydrogens is 378 g/mol. The van der Waals surface area contributed by atoms with Crippen LogP contribution in [0.1, 0.15) is 54.4 Å². The van der Waals surface area contributed by atoms with Crippen LogP contribution in [-0.2, 0) is 11.3 Å². The predicted octanol–water partition coefficient (Wildman–Crippen LogP) is 3.24. The molecular formula is C23H31N5O2. The van der Waals surface area contributed by atoms with Crippen molar-refractivity contribution in [2.45, 2.75) is 52.2 Å². The standard InChI is InChI=1S/C23H31N5O2/c1-17-8-11-27(12-9-17)23-25-14-21(18(2)26-23)22(29)28(16-20-7-5-13-30-20)15-19-6-3-4-10-24-19/h3-4,6,10,14,17,20H,5,7-9,11-13,15-16H2,1-2H3/t20-/m1/s1. The van der Waals surface area contributed by atoms with E-state index in [9.17, 15) is 4.79 Å². The first-order valence-corrected chi connectivity index (χ1v) is 11.0. The number of piperidine rings is 1. The number of hydrogen-bond donors (Lipinski definition) is 0. The Kier molecular flexibility index (Phi) is 6.57. The average Bonchev–Trinajstić information content (AvgIpc) is 3.27. The molecule has 2 saturated heterocycles. The third-order valence-corrected chi connectivity index (χ3v) is 6.08. The number of amides is 1. The highest BCUT2D eigenvalue weighted by Crippen LogP contribution is 2.22. The molecule has 1 amide bonds. The summed E-state index contributed by atoms with van der Waals surface area (Å²) in [6.45, 7) is 7.90. The van der Waals surface area contributed by atoms with Gasteiger partial charge in [0.15, 0.2) is 0 Å². The Hall–Kier alpha value is -2.54. The van der Waals surface area contributed by atoms with Gasteiger partial charge in [0, 0.05) is 38.6 Å². The van der Waals surface area contributed by atoms with E-state index in [1.54, 1.807) is 12.4 Å². The maximum atomic E-state index is 13.4. The van der Waals surface area contributed by atoms with E-state index < -0.39 is 0 Å². The van der Waals surface area contributed by atoms with Crippen molar-refractivity contribution < 1.29 is 9.53 Å². The molecule has 2 aromatic rings. The summed E-state index contributed by atoms with van der Waals surface area (Å²) in [6.07, 6.45) is 7.86. The zero-order valence-electron chi connectivity index (χ0n) is 18.0. The van der Waals surface area contributed by atoms with Crippen molar-refractivity contribution in [1.82, 2.24) is 19.9 Å². The van der Waals surface area contributed by atoms with E-state index >= 15 is 0 Å². The van der Waals surface area contributed by atoms with E-state index in [0.29, 0.717) is 18.7 Å². The number of pyridine rings is 1. The van der Waals surface area contributed by atoms with Gasteiger partial charge in [-0.15, -0.1) is 0 Å². The highest BCUT2D eigenvalue weighted by atomic mass is 16.5. The summed E-state index contributed by atoms with van der Waals surface area (Å²) < 4.78 is 5.79. The van der Waals surface area contributed by atoms with Crippen molar-refractivity contribution in [3.8, 4) is 0 Å². The Morgan fingerprint density at radius 3 is 2.73 bits per heavy atom. The molecule has 7 heteroatoms. The summed E-state index contributed by atoms with van der Waals surface area (Å²) in [5.74, 6) is 1.42. The molecule has 0 saturated carbocycles. The molecule has 2 aromatic heterocycles. The topological polar surface area (TPSA) is 71.5 Å². The van der Waals surface area contributed by atoms with E-state index in [1.165, 1.54) is 0 Å². The highest BCUT2D eigenvalue weighted by molar-refractivity contribution is 5.95. The second-order valence-electron chi connectivity index (χ2n) is 8.48. The number of nitrogens with zero attached hydrogens (tertiary/aromatic N) is 5. The molecule has 4 heterocycles. The first-order chi connectivity index (χ1) is 14.6. The lowest BCUT2D eigenvalue weighted by Gasteiger charge is -2.30. The van der Waals surface area contributed by atoms with Gasteiger partial charge in [0.1, 0.15) is 0 Å². The number of carbonyl (C=O) groups is 1. The summed E-state index contributed by atoms with van der Waals surface area (Å²) >= 11 is 0. The maximum Gasteiger partial charge on any atom is 0.257 e. The van der Waals surface area contributed by atoms with Crippen LogP contribution in [0.15, 0.2) is 30.6 Å². The Balaban J connectivity index is 1.52. The maximum absolute atomic E-state index is 13.4. The Morgan fingerprint density at radius 1 is 1.23 bits per heavy atom. The van der Waals surface area contributed by atoms with E-state index in [4.69, 9.17) is 4.74 Å². The van der Waals surface area contributed by atoms with Crippen LogP contribution in [0, 0.1) is 12.8 Å². The van der Waals surface area contributed by atoms with Gasteiger partial charge in [0.2, 0.25) is 5.95 Å². The van der Waals surface area contributed by atoms with Gasteiger partial charge in [-0.3, -0.25) is 9.78 Å². The fourth-order valence-electron chi connectivity index (χ4n) is 4.14. The van der Waals surface area contributed by atoms with Gasteiger partial charge in [-0.25, -0.2) is 9.97 Å². The number of rotatable bonds is 6. The van der Waals surface area contributed by atoms with Gasteiger partial charge in [0.25, 0.3) is 5.91 Å². The normalized spacial score (nSPS) is 19.8. The highest BCUT2D eigenvalue weighted by Gasteiger charge is 2.26. The van der Waals surface area contributed by atoms with Gasteiger partial charge in [-0.2, -0.15) is 0 Å². The second-order valence-corrected chi connectivity index (χ2v) is 8.48. The molecule has 4 rings (SSSR count). The lowest BCUT2D eigenvalue weighted by atomic mass is 10.00. The molecule has 2 fully saturated rings. The second kappa shape index (κ2) is 9.51. The van der Waals surface area contributed by atoms with Gasteiger partial charge < -0.3 is 14.5 Å². The molecule has 1 atom stereocenters. The number of aromatic nitrogens is 3. The van der Waals surface area contributed by atoms with Crippen LogP contribution < -0.4 is 4.90 Å². The molecule has 0 spiro atoms. The van der Waals surface area contributed by atoms with Crippen molar-refractivity contribution in [1.29, 1.82) is 0 Å². The molecule has 30 heavy (non-hydrogen) atoms. The third-order valence-electron chi connectivity index (χ3n) is 6.08. The van der Waals surface area contributed by atoms with Crippen LogP contribution in [0.4, 0.5) is 5.95 Å². The summed E-state index contributed by atoms with van der Waals surface area (Å²) in [5.41, 5.74) is 2.14. The number of anilines is 1. The van der Waals surface area contributed by atoms with E-state index in [-0.39, 0.29) is 12.0 Å². The van der Waals surface area contributed by atoms with Crippen LogP contribution in [0.2, 0.25) is 0 Å². The predicted molar refractivity (Wildman–Crippen MR) is 115 cm³/mol. The van der Waals surface area contributed by atoms with Gasteiger partial charge in [0.05, 0.1) is 29.6 Å². The molecule has 2 aliphatic rings. The SMILES string of the molecule is Cc1nc(N2CCC(C)CC2)ncc1C(=O)N(Cc1ccccn1)C[C@H]1CCCO1. The summed E-state index contributed by atoms with van der Waals surface area (Å²) in [6, 6.07) is 5.77. The molecule has 0 radical (unpaired) electrons. The first kappa shape index (κ1) is 20.7. The molecule has 0 unspecified atom stereocenters. The Morgan fingerprint density at radius 2 is 2.07 bits per heavy atom. The van der Waals surface area contributed by atoms with Crippen molar-refractivity contribution in [2.75, 3.05) is 31.1 Å². The molecule has 0 N–H and O–H groups in total. The smallest absolute Gasteiger partial charge is 0.257 e. The largest absolute Gasteiger partial charge is 0.376 e. The van der Waals surface area contributed by atoms with Crippen LogP contribution in [0.25, 0.3) is 0 Å². The van der Waals surface area contributed by atoms with Crippen molar-refractivity contribution in [3.63, 3.8) is 0 Å². The van der Waals surface area contributed by atoms with Crippen molar-refractivity contribution in [3.05, 3.63) is 47.5 Å². The lowest BCUT2D eigenvalue weighted by Crippen LogP contribution is -2.38. The van der Waals surface area contributed by atoms with Crippen LogP contribution in [-0.4, -0.2) is 58.1 Å². The molecule has 2 aliphatic heterocycles. The van der Waals surface area contributed by atoms with Crippen LogP contribution in [0.3, 0.4) is 0 Å². The molecule has 160 valence electrons. The summed E-state index contributed by atoms with van der Waals surface area (Å²) in [5, 5.41) is 0. The van der Waals surface area contributed by atoms with E-state index in [0.717, 1.165) is 68.6 Å². The molecule has 0 aromatic carbocycles. The van der Waals surface area contributed by atoms with Crippen molar-refractivity contribution >= 4 is 11.9 Å². The minimum Gasteiger partial charge on any atom is -0.376 e. The van der Waals surface area contributed by atoms with E-state index in [1.807, 2.05) is 30.0 Å². The number of hydrogen-bond acceptors (Lipinski definition) is 6. The minimum absolute atomic E-state index is 0.0625. The van der Waals surface area contributed by atoms with Gasteiger partial charge >= 0.3 is 0 Å². The third kappa shape index (κ3) is 4.95. The van der Waals surface area contributed by atoms with Gasteiger partial charge in [-0.1, -0.05) is 13.0 Å². The number of carbonyl (C=O) groups excluding carboxylic acids is 1. The summed E-state index contributed by atoms with van der Waals surface area (Å²) in [7, 11) is 0. The van der Waals surface area contributed by atoms with E-state index in [2.05, 4.69) is 26.8 Å². The van der Waals surface area contributed by atoms with Gasteiger partial charge in [-0.05, 0) is 50.7 Å². The zero-order valence-corrected chi connectivity index (χ0v) is 18.0. The monoisotopic (exact) mass is 409 g/mol. The zero-order chi connectivity index (χ0) is 20.9. The molecule has 7 nitrogen and oxygen atoms in total. The summed E-state index contributed by atoms with van der Waals surface area (Å²) in [4.78, 5) is 31.1. The number of ether oxygens (including phenoxy) is 1. The first-order valence-electron chi connectivity index (χ1n) is 11.0. The lowest BCUT2D eigenvalue weighted by molar-refractivity contribution is 0.0503.